The molecule has 102 valence electrons. The Kier molecular flexibility index (Phi) is 7.14. The van der Waals surface area contributed by atoms with Crippen molar-refractivity contribution in [3.05, 3.63) is 0 Å². The quantitative estimate of drug-likeness (QED) is 0.735. The van der Waals surface area contributed by atoms with Gasteiger partial charge in [-0.15, -0.1) is 0 Å². The number of ether oxygens (including phenoxy) is 1. The molecular weight excluding hydrogens is 210 g/mol. The molecule has 0 amide bonds. The van der Waals surface area contributed by atoms with Crippen molar-refractivity contribution in [1.29, 1.82) is 0 Å². The fourth-order valence-corrected chi connectivity index (χ4v) is 3.05. The van der Waals surface area contributed by atoms with Crippen molar-refractivity contribution >= 4 is 0 Å². The van der Waals surface area contributed by atoms with E-state index in [1.807, 2.05) is 0 Å². The van der Waals surface area contributed by atoms with Crippen LogP contribution in [0.3, 0.4) is 0 Å². The summed E-state index contributed by atoms with van der Waals surface area (Å²) in [7, 11) is 1.81. The van der Waals surface area contributed by atoms with Crippen molar-refractivity contribution in [2.75, 3.05) is 13.7 Å². The lowest BCUT2D eigenvalue weighted by atomic mass is 9.79. The number of methoxy groups -OCH3 is 1. The molecule has 1 rings (SSSR count). The van der Waals surface area contributed by atoms with Crippen LogP contribution < -0.4 is 5.32 Å². The molecule has 0 aromatic heterocycles. The largest absolute Gasteiger partial charge is 0.383 e. The molecule has 2 heteroatoms. The Bertz CT molecular complexity index is 179. The normalized spacial score (nSPS) is 27.4. The molecule has 0 spiro atoms. The maximum atomic E-state index is 5.29. The van der Waals surface area contributed by atoms with E-state index in [4.69, 9.17) is 4.74 Å². The summed E-state index contributed by atoms with van der Waals surface area (Å²) < 4.78 is 5.29. The Labute approximate surface area is 108 Å². The van der Waals surface area contributed by atoms with E-state index < -0.39 is 0 Å². The van der Waals surface area contributed by atoms with Crippen LogP contribution in [0, 0.1) is 11.8 Å². The second-order valence-electron chi connectivity index (χ2n) is 5.96. The maximum Gasteiger partial charge on any atom is 0.0615 e. The SMILES string of the molecule is CCCC(COC)NC1CCC(C(C)C)CC1. The maximum absolute atomic E-state index is 5.29. The lowest BCUT2D eigenvalue weighted by Crippen LogP contribution is -2.43. The monoisotopic (exact) mass is 241 g/mol. The minimum atomic E-state index is 0.561. The first kappa shape index (κ1) is 15.0. The lowest BCUT2D eigenvalue weighted by Gasteiger charge is -2.33. The van der Waals surface area contributed by atoms with E-state index in [1.165, 1.54) is 38.5 Å². The molecule has 2 nitrogen and oxygen atoms in total. The van der Waals surface area contributed by atoms with E-state index in [9.17, 15) is 0 Å². The first-order chi connectivity index (χ1) is 8.17. The predicted molar refractivity (Wildman–Crippen MR) is 74.3 cm³/mol. The molecule has 1 aliphatic carbocycles. The Morgan fingerprint density at radius 1 is 1.18 bits per heavy atom. The minimum absolute atomic E-state index is 0.561. The van der Waals surface area contributed by atoms with Crippen LogP contribution in [0.25, 0.3) is 0 Å². The fourth-order valence-electron chi connectivity index (χ4n) is 3.05. The number of hydrogen-bond donors (Lipinski definition) is 1. The van der Waals surface area contributed by atoms with E-state index in [-0.39, 0.29) is 0 Å². The first-order valence-electron chi connectivity index (χ1n) is 7.42. The molecule has 0 radical (unpaired) electrons. The summed E-state index contributed by atoms with van der Waals surface area (Å²) in [5.74, 6) is 1.82. The van der Waals surface area contributed by atoms with Crippen LogP contribution in [0.1, 0.15) is 59.3 Å². The van der Waals surface area contributed by atoms with Gasteiger partial charge in [-0.2, -0.15) is 0 Å². The van der Waals surface area contributed by atoms with Gasteiger partial charge in [-0.1, -0.05) is 27.2 Å². The molecule has 1 fully saturated rings. The third-order valence-electron chi connectivity index (χ3n) is 4.19. The number of rotatable bonds is 7. The fraction of sp³-hybridized carbons (Fsp3) is 1.00. The molecule has 0 heterocycles. The number of nitrogens with one attached hydrogen (secondary N) is 1. The molecule has 0 aliphatic heterocycles. The second-order valence-corrected chi connectivity index (χ2v) is 5.96. The van der Waals surface area contributed by atoms with Gasteiger partial charge in [-0.25, -0.2) is 0 Å². The van der Waals surface area contributed by atoms with Gasteiger partial charge in [0.05, 0.1) is 6.61 Å². The zero-order valence-electron chi connectivity index (χ0n) is 12.2. The summed E-state index contributed by atoms with van der Waals surface area (Å²) in [5.41, 5.74) is 0. The van der Waals surface area contributed by atoms with Crippen LogP contribution in [0.2, 0.25) is 0 Å². The Morgan fingerprint density at radius 3 is 2.29 bits per heavy atom. The third kappa shape index (κ3) is 5.39. The Hall–Kier alpha value is -0.0800. The van der Waals surface area contributed by atoms with Gasteiger partial charge in [0.15, 0.2) is 0 Å². The van der Waals surface area contributed by atoms with E-state index in [1.54, 1.807) is 7.11 Å². The summed E-state index contributed by atoms with van der Waals surface area (Å²) in [5, 5.41) is 3.79. The molecule has 1 saturated carbocycles. The molecule has 1 N–H and O–H groups in total. The lowest BCUT2D eigenvalue weighted by molar-refractivity contribution is 0.144. The van der Waals surface area contributed by atoms with Gasteiger partial charge in [0.25, 0.3) is 0 Å². The molecule has 1 aliphatic rings. The summed E-state index contributed by atoms with van der Waals surface area (Å²) in [6.07, 6.45) is 7.99. The minimum Gasteiger partial charge on any atom is -0.383 e. The average Bonchev–Trinajstić information content (AvgIpc) is 2.30. The molecular formula is C15H31NO. The number of hydrogen-bond acceptors (Lipinski definition) is 2. The van der Waals surface area contributed by atoms with E-state index in [2.05, 4.69) is 26.1 Å². The summed E-state index contributed by atoms with van der Waals surface area (Å²) >= 11 is 0. The molecule has 17 heavy (non-hydrogen) atoms. The summed E-state index contributed by atoms with van der Waals surface area (Å²) in [6.45, 7) is 7.84. The summed E-state index contributed by atoms with van der Waals surface area (Å²) in [6, 6.07) is 1.29. The van der Waals surface area contributed by atoms with E-state index >= 15 is 0 Å². The molecule has 0 aromatic carbocycles. The van der Waals surface area contributed by atoms with Crippen LogP contribution in [-0.4, -0.2) is 25.8 Å². The van der Waals surface area contributed by atoms with Crippen LogP contribution in [0.4, 0.5) is 0 Å². The van der Waals surface area contributed by atoms with Gasteiger partial charge in [0.2, 0.25) is 0 Å². The average molecular weight is 241 g/mol. The van der Waals surface area contributed by atoms with Gasteiger partial charge >= 0.3 is 0 Å². The Balaban J connectivity index is 2.27. The van der Waals surface area contributed by atoms with Crippen molar-refractivity contribution < 1.29 is 4.74 Å². The van der Waals surface area contributed by atoms with E-state index in [0.29, 0.717) is 6.04 Å². The van der Waals surface area contributed by atoms with Gasteiger partial charge in [0.1, 0.15) is 0 Å². The van der Waals surface area contributed by atoms with Crippen LogP contribution in [0.15, 0.2) is 0 Å². The highest BCUT2D eigenvalue weighted by atomic mass is 16.5. The van der Waals surface area contributed by atoms with Crippen LogP contribution in [-0.2, 0) is 4.74 Å². The molecule has 0 saturated heterocycles. The molecule has 1 unspecified atom stereocenters. The van der Waals surface area contributed by atoms with Gasteiger partial charge in [-0.3, -0.25) is 0 Å². The van der Waals surface area contributed by atoms with Gasteiger partial charge < -0.3 is 10.1 Å². The highest BCUT2D eigenvalue weighted by Gasteiger charge is 2.24. The zero-order chi connectivity index (χ0) is 12.7. The highest BCUT2D eigenvalue weighted by Crippen LogP contribution is 2.30. The van der Waals surface area contributed by atoms with Crippen molar-refractivity contribution in [2.45, 2.75) is 71.4 Å². The van der Waals surface area contributed by atoms with Crippen molar-refractivity contribution in [2.24, 2.45) is 11.8 Å². The van der Waals surface area contributed by atoms with Gasteiger partial charge in [0, 0.05) is 19.2 Å². The Morgan fingerprint density at radius 2 is 1.82 bits per heavy atom. The molecule has 1 atom stereocenters. The standard InChI is InChI=1S/C15H31NO/c1-5-6-15(11-17-4)16-14-9-7-13(8-10-14)12(2)3/h12-16H,5-11H2,1-4H3. The molecule has 0 bridgehead atoms. The predicted octanol–water partition coefficient (Wildman–Crippen LogP) is 3.61. The van der Waals surface area contributed by atoms with E-state index in [0.717, 1.165) is 24.5 Å². The smallest absolute Gasteiger partial charge is 0.0615 e. The van der Waals surface area contributed by atoms with Crippen LogP contribution >= 0.6 is 0 Å². The zero-order valence-corrected chi connectivity index (χ0v) is 12.2. The van der Waals surface area contributed by atoms with Gasteiger partial charge in [-0.05, 0) is 43.9 Å². The van der Waals surface area contributed by atoms with Crippen molar-refractivity contribution in [3.63, 3.8) is 0 Å². The topological polar surface area (TPSA) is 21.3 Å². The van der Waals surface area contributed by atoms with Crippen LogP contribution in [0.5, 0.6) is 0 Å². The third-order valence-corrected chi connectivity index (χ3v) is 4.19. The summed E-state index contributed by atoms with van der Waals surface area (Å²) in [4.78, 5) is 0. The van der Waals surface area contributed by atoms with Crippen molar-refractivity contribution in [3.8, 4) is 0 Å². The second kappa shape index (κ2) is 8.10. The highest BCUT2D eigenvalue weighted by molar-refractivity contribution is 4.81. The molecule has 0 aromatic rings. The van der Waals surface area contributed by atoms with Crippen molar-refractivity contribution in [1.82, 2.24) is 5.32 Å². The first-order valence-corrected chi connectivity index (χ1v) is 7.42.